The van der Waals surface area contributed by atoms with Gasteiger partial charge >= 0.3 is 6.03 Å². The molecule has 0 bridgehead atoms. The second kappa shape index (κ2) is 8.99. The van der Waals surface area contributed by atoms with Gasteiger partial charge in [-0.15, -0.1) is 0 Å². The zero-order valence-electron chi connectivity index (χ0n) is 11.3. The lowest BCUT2D eigenvalue weighted by atomic mass is 10.2. The molecule has 0 heterocycles. The van der Waals surface area contributed by atoms with Crippen molar-refractivity contribution < 1.29 is 14.3 Å². The van der Waals surface area contributed by atoms with Gasteiger partial charge < -0.3 is 20.1 Å². The summed E-state index contributed by atoms with van der Waals surface area (Å²) in [5.41, 5.74) is 0.907. The number of benzene rings is 1. The Labute approximate surface area is 113 Å². The van der Waals surface area contributed by atoms with Gasteiger partial charge in [-0.05, 0) is 18.6 Å². The predicted octanol–water partition coefficient (Wildman–Crippen LogP) is 2.00. The molecular formula is C14H20N2O3. The summed E-state index contributed by atoms with van der Waals surface area (Å²) in [6, 6.07) is 7.35. The number of carbonyl (C=O) groups excluding carboxylic acids is 1. The van der Waals surface area contributed by atoms with Gasteiger partial charge in [-0.1, -0.05) is 18.2 Å². The van der Waals surface area contributed by atoms with Crippen molar-refractivity contribution in [2.75, 3.05) is 27.4 Å². The lowest BCUT2D eigenvalue weighted by Crippen LogP contribution is -2.33. The number of nitrogens with one attached hydrogen (secondary N) is 2. The van der Waals surface area contributed by atoms with Gasteiger partial charge in [-0.2, -0.15) is 0 Å². The minimum atomic E-state index is -0.234. The zero-order valence-corrected chi connectivity index (χ0v) is 11.3. The highest BCUT2D eigenvalue weighted by Crippen LogP contribution is 2.17. The normalized spacial score (nSPS) is 10.4. The zero-order chi connectivity index (χ0) is 13.9. The van der Waals surface area contributed by atoms with E-state index in [1.54, 1.807) is 26.5 Å². The Balaban J connectivity index is 2.34. The van der Waals surface area contributed by atoms with Crippen LogP contribution in [0.2, 0.25) is 0 Å². The molecule has 0 aromatic heterocycles. The third-order valence-electron chi connectivity index (χ3n) is 2.43. The molecule has 104 valence electrons. The van der Waals surface area contributed by atoms with Gasteiger partial charge in [-0.3, -0.25) is 0 Å². The molecule has 5 heteroatoms. The Morgan fingerprint density at radius 1 is 1.32 bits per heavy atom. The minimum Gasteiger partial charge on any atom is -0.496 e. The summed E-state index contributed by atoms with van der Waals surface area (Å²) >= 11 is 0. The summed E-state index contributed by atoms with van der Waals surface area (Å²) < 4.78 is 10.1. The van der Waals surface area contributed by atoms with Gasteiger partial charge in [0.1, 0.15) is 5.75 Å². The van der Waals surface area contributed by atoms with E-state index >= 15 is 0 Å². The third-order valence-corrected chi connectivity index (χ3v) is 2.43. The molecule has 5 nitrogen and oxygen atoms in total. The van der Waals surface area contributed by atoms with Crippen molar-refractivity contribution in [3.8, 4) is 5.75 Å². The number of urea groups is 1. The Kier molecular flexibility index (Phi) is 7.12. The third kappa shape index (κ3) is 5.92. The summed E-state index contributed by atoms with van der Waals surface area (Å²) in [6.45, 7) is 1.22. The van der Waals surface area contributed by atoms with Crippen molar-refractivity contribution in [1.82, 2.24) is 10.6 Å². The van der Waals surface area contributed by atoms with E-state index in [4.69, 9.17) is 9.47 Å². The van der Waals surface area contributed by atoms with Crippen LogP contribution < -0.4 is 15.4 Å². The van der Waals surface area contributed by atoms with Crippen LogP contribution in [0, 0.1) is 0 Å². The SMILES string of the molecule is COCCCNC(=O)N/C=C/c1ccccc1OC. The van der Waals surface area contributed by atoms with Crippen LogP contribution in [-0.2, 0) is 4.74 Å². The molecule has 0 unspecified atom stereocenters. The maximum atomic E-state index is 11.4. The molecule has 0 fully saturated rings. The van der Waals surface area contributed by atoms with Crippen LogP contribution in [0.5, 0.6) is 5.75 Å². The molecule has 2 N–H and O–H groups in total. The summed E-state index contributed by atoms with van der Waals surface area (Å²) in [6.07, 6.45) is 4.16. The molecule has 19 heavy (non-hydrogen) atoms. The molecule has 1 rings (SSSR count). The topological polar surface area (TPSA) is 59.6 Å². The maximum absolute atomic E-state index is 11.4. The molecule has 0 atom stereocenters. The lowest BCUT2D eigenvalue weighted by Gasteiger charge is -2.05. The van der Waals surface area contributed by atoms with Crippen LogP contribution in [0.15, 0.2) is 30.5 Å². The first kappa shape index (κ1) is 15.0. The molecule has 0 saturated heterocycles. The monoisotopic (exact) mass is 264 g/mol. The van der Waals surface area contributed by atoms with E-state index in [1.807, 2.05) is 24.3 Å². The van der Waals surface area contributed by atoms with Gasteiger partial charge in [0.05, 0.1) is 7.11 Å². The van der Waals surface area contributed by atoms with Gasteiger partial charge in [0.2, 0.25) is 0 Å². The fourth-order valence-corrected chi connectivity index (χ4v) is 1.48. The average Bonchev–Trinajstić information content (AvgIpc) is 2.44. The van der Waals surface area contributed by atoms with Crippen molar-refractivity contribution in [1.29, 1.82) is 0 Å². The van der Waals surface area contributed by atoms with E-state index in [0.717, 1.165) is 17.7 Å². The van der Waals surface area contributed by atoms with E-state index in [9.17, 15) is 4.79 Å². The number of rotatable bonds is 7. The number of hydrogen-bond acceptors (Lipinski definition) is 3. The highest BCUT2D eigenvalue weighted by molar-refractivity contribution is 5.76. The maximum Gasteiger partial charge on any atom is 0.318 e. The van der Waals surface area contributed by atoms with Crippen molar-refractivity contribution in [3.05, 3.63) is 36.0 Å². The Morgan fingerprint density at radius 2 is 2.11 bits per heavy atom. The Bertz CT molecular complexity index is 419. The molecule has 0 aliphatic rings. The van der Waals surface area contributed by atoms with Crippen LogP contribution in [0.3, 0.4) is 0 Å². The Morgan fingerprint density at radius 3 is 2.84 bits per heavy atom. The van der Waals surface area contributed by atoms with E-state index in [0.29, 0.717) is 13.2 Å². The quantitative estimate of drug-likeness (QED) is 0.741. The number of methoxy groups -OCH3 is 2. The Hall–Kier alpha value is -2.01. The summed E-state index contributed by atoms with van der Waals surface area (Å²) in [5.74, 6) is 0.765. The minimum absolute atomic E-state index is 0.234. The average molecular weight is 264 g/mol. The fraction of sp³-hybridized carbons (Fsp3) is 0.357. The van der Waals surface area contributed by atoms with Crippen molar-refractivity contribution >= 4 is 12.1 Å². The van der Waals surface area contributed by atoms with Crippen molar-refractivity contribution in [3.63, 3.8) is 0 Å². The second-order valence-corrected chi connectivity index (χ2v) is 3.82. The summed E-state index contributed by atoms with van der Waals surface area (Å²) in [7, 11) is 3.25. The molecular weight excluding hydrogens is 244 g/mol. The molecule has 0 radical (unpaired) electrons. The molecule has 0 spiro atoms. The number of amides is 2. The standard InChI is InChI=1S/C14H20N2O3/c1-18-11-5-9-15-14(17)16-10-8-12-6-3-4-7-13(12)19-2/h3-4,6-8,10H,5,9,11H2,1-2H3,(H2,15,16,17)/b10-8+. The van der Waals surface area contributed by atoms with E-state index in [2.05, 4.69) is 10.6 Å². The summed E-state index contributed by atoms with van der Waals surface area (Å²) in [4.78, 5) is 11.4. The highest BCUT2D eigenvalue weighted by atomic mass is 16.5. The number of carbonyl (C=O) groups is 1. The van der Waals surface area contributed by atoms with E-state index in [1.165, 1.54) is 0 Å². The summed E-state index contributed by atoms with van der Waals surface area (Å²) in [5, 5.41) is 5.35. The highest BCUT2D eigenvalue weighted by Gasteiger charge is 1.98. The van der Waals surface area contributed by atoms with Crippen LogP contribution in [0.4, 0.5) is 4.79 Å². The molecule has 0 aliphatic carbocycles. The predicted molar refractivity (Wildman–Crippen MR) is 75.1 cm³/mol. The lowest BCUT2D eigenvalue weighted by molar-refractivity contribution is 0.193. The number of hydrogen-bond donors (Lipinski definition) is 2. The largest absolute Gasteiger partial charge is 0.496 e. The van der Waals surface area contributed by atoms with Gasteiger partial charge in [-0.25, -0.2) is 4.79 Å². The molecule has 0 saturated carbocycles. The first-order valence-corrected chi connectivity index (χ1v) is 6.11. The molecule has 0 aliphatic heterocycles. The molecule has 1 aromatic carbocycles. The first-order chi connectivity index (χ1) is 9.27. The van der Waals surface area contributed by atoms with Crippen molar-refractivity contribution in [2.24, 2.45) is 0 Å². The first-order valence-electron chi connectivity index (χ1n) is 6.11. The molecule has 2 amide bonds. The van der Waals surface area contributed by atoms with Crippen LogP contribution >= 0.6 is 0 Å². The number of ether oxygens (including phenoxy) is 2. The van der Waals surface area contributed by atoms with Crippen LogP contribution in [0.25, 0.3) is 6.08 Å². The second-order valence-electron chi connectivity index (χ2n) is 3.82. The van der Waals surface area contributed by atoms with Gasteiger partial charge in [0.15, 0.2) is 0 Å². The molecule has 1 aromatic rings. The van der Waals surface area contributed by atoms with Crippen LogP contribution in [-0.4, -0.2) is 33.4 Å². The van der Waals surface area contributed by atoms with Gasteiger partial charge in [0.25, 0.3) is 0 Å². The van der Waals surface area contributed by atoms with Crippen LogP contribution in [0.1, 0.15) is 12.0 Å². The van der Waals surface area contributed by atoms with Gasteiger partial charge in [0, 0.05) is 32.0 Å². The smallest absolute Gasteiger partial charge is 0.318 e. The van der Waals surface area contributed by atoms with E-state index in [-0.39, 0.29) is 6.03 Å². The number of para-hydroxylation sites is 1. The van der Waals surface area contributed by atoms with Crippen molar-refractivity contribution in [2.45, 2.75) is 6.42 Å². The fourth-order valence-electron chi connectivity index (χ4n) is 1.48. The van der Waals surface area contributed by atoms with E-state index < -0.39 is 0 Å².